The molecule has 0 unspecified atom stereocenters. The predicted molar refractivity (Wildman–Crippen MR) is 96.2 cm³/mol. The van der Waals surface area contributed by atoms with Crippen molar-refractivity contribution in [1.29, 1.82) is 0 Å². The fourth-order valence-electron chi connectivity index (χ4n) is 1.93. The van der Waals surface area contributed by atoms with Crippen LogP contribution in [0.4, 0.5) is 0 Å². The van der Waals surface area contributed by atoms with Crippen LogP contribution >= 0.6 is 23.4 Å². The van der Waals surface area contributed by atoms with Crippen molar-refractivity contribution in [1.82, 2.24) is 5.32 Å². The lowest BCUT2D eigenvalue weighted by Crippen LogP contribution is -2.24. The molecule has 0 fully saturated rings. The van der Waals surface area contributed by atoms with Gasteiger partial charge in [-0.2, -0.15) is 0 Å². The summed E-state index contributed by atoms with van der Waals surface area (Å²) in [6, 6.07) is 15.2. The van der Waals surface area contributed by atoms with Gasteiger partial charge in [0, 0.05) is 16.5 Å². The molecule has 0 atom stereocenters. The number of carbonyl (C=O) groups excluding carboxylic acids is 1. The summed E-state index contributed by atoms with van der Waals surface area (Å²) >= 11 is 7.33. The first-order valence-corrected chi connectivity index (χ1v) is 8.80. The summed E-state index contributed by atoms with van der Waals surface area (Å²) in [5, 5.41) is 3.62. The monoisotopic (exact) mass is 349 g/mol. The van der Waals surface area contributed by atoms with E-state index < -0.39 is 0 Å². The minimum Gasteiger partial charge on any atom is -0.491 e. The smallest absolute Gasteiger partial charge is 0.230 e. The predicted octanol–water partition coefficient (Wildman–Crippen LogP) is 4.54. The standard InChI is InChI=1S/C18H20ClNO2S/c1-13(2)22-16-5-3-4-14(10-16)11-20-18(21)12-23-17-8-6-15(19)7-9-17/h3-10,13H,11-12H2,1-2H3,(H,20,21). The number of benzene rings is 2. The van der Waals surface area contributed by atoms with Crippen LogP contribution in [0.2, 0.25) is 5.02 Å². The average molecular weight is 350 g/mol. The highest BCUT2D eigenvalue weighted by molar-refractivity contribution is 8.00. The Balaban J connectivity index is 1.78. The average Bonchev–Trinajstić information content (AvgIpc) is 2.52. The van der Waals surface area contributed by atoms with Crippen molar-refractivity contribution in [2.45, 2.75) is 31.4 Å². The number of ether oxygens (including phenoxy) is 1. The Morgan fingerprint density at radius 1 is 1.22 bits per heavy atom. The van der Waals surface area contributed by atoms with Crippen molar-refractivity contribution < 1.29 is 9.53 Å². The molecule has 1 N–H and O–H groups in total. The number of thioether (sulfide) groups is 1. The van der Waals surface area contributed by atoms with Gasteiger partial charge in [-0.3, -0.25) is 4.79 Å². The van der Waals surface area contributed by atoms with Gasteiger partial charge in [-0.1, -0.05) is 23.7 Å². The van der Waals surface area contributed by atoms with Crippen LogP contribution in [-0.4, -0.2) is 17.8 Å². The molecule has 0 radical (unpaired) electrons. The Bertz CT molecular complexity index is 644. The zero-order valence-electron chi connectivity index (χ0n) is 13.2. The molecule has 2 rings (SSSR count). The highest BCUT2D eigenvalue weighted by Crippen LogP contribution is 2.20. The summed E-state index contributed by atoms with van der Waals surface area (Å²) in [7, 11) is 0. The molecule has 5 heteroatoms. The Kier molecular flexibility index (Phi) is 6.81. The van der Waals surface area contributed by atoms with Crippen LogP contribution in [0.3, 0.4) is 0 Å². The second kappa shape index (κ2) is 8.85. The lowest BCUT2D eigenvalue weighted by atomic mass is 10.2. The summed E-state index contributed by atoms with van der Waals surface area (Å²) in [4.78, 5) is 13.0. The lowest BCUT2D eigenvalue weighted by Gasteiger charge is -2.11. The molecule has 122 valence electrons. The van der Waals surface area contributed by atoms with Crippen molar-refractivity contribution in [2.75, 3.05) is 5.75 Å². The maximum atomic E-state index is 11.9. The fraction of sp³-hybridized carbons (Fsp3) is 0.278. The molecule has 0 saturated carbocycles. The van der Waals surface area contributed by atoms with E-state index in [2.05, 4.69) is 5.32 Å². The number of nitrogens with one attached hydrogen (secondary N) is 1. The number of hydrogen-bond acceptors (Lipinski definition) is 3. The minimum absolute atomic E-state index is 0.000121. The third kappa shape index (κ3) is 6.55. The van der Waals surface area contributed by atoms with E-state index in [1.54, 1.807) is 0 Å². The van der Waals surface area contributed by atoms with Crippen LogP contribution < -0.4 is 10.1 Å². The van der Waals surface area contributed by atoms with E-state index in [-0.39, 0.29) is 12.0 Å². The van der Waals surface area contributed by atoms with E-state index in [0.717, 1.165) is 16.2 Å². The van der Waals surface area contributed by atoms with Crippen LogP contribution in [0.15, 0.2) is 53.4 Å². The van der Waals surface area contributed by atoms with Gasteiger partial charge in [0.05, 0.1) is 11.9 Å². The summed E-state index contributed by atoms with van der Waals surface area (Å²) in [5.41, 5.74) is 1.02. The highest BCUT2D eigenvalue weighted by Gasteiger charge is 2.04. The van der Waals surface area contributed by atoms with Crippen molar-refractivity contribution in [3.63, 3.8) is 0 Å². The maximum Gasteiger partial charge on any atom is 0.230 e. The van der Waals surface area contributed by atoms with Crippen LogP contribution in [0.5, 0.6) is 5.75 Å². The molecule has 0 bridgehead atoms. The van der Waals surface area contributed by atoms with E-state index in [1.807, 2.05) is 62.4 Å². The summed E-state index contributed by atoms with van der Waals surface area (Å²) in [5.74, 6) is 1.20. The SMILES string of the molecule is CC(C)Oc1cccc(CNC(=O)CSc2ccc(Cl)cc2)c1. The second-order valence-corrected chi connectivity index (χ2v) is 6.82. The Hall–Kier alpha value is -1.65. The normalized spacial score (nSPS) is 10.6. The third-order valence-corrected chi connectivity index (χ3v) is 4.21. The van der Waals surface area contributed by atoms with E-state index >= 15 is 0 Å². The summed E-state index contributed by atoms with van der Waals surface area (Å²) in [6.07, 6.45) is 0.135. The number of halogens is 1. The first-order chi connectivity index (χ1) is 11.0. The molecule has 23 heavy (non-hydrogen) atoms. The summed E-state index contributed by atoms with van der Waals surface area (Å²) in [6.45, 7) is 4.47. The first-order valence-electron chi connectivity index (χ1n) is 7.43. The zero-order chi connectivity index (χ0) is 16.7. The molecule has 0 saturated heterocycles. The van der Waals surface area contributed by atoms with Crippen LogP contribution in [0, 0.1) is 0 Å². The number of carbonyl (C=O) groups is 1. The largest absolute Gasteiger partial charge is 0.491 e. The zero-order valence-corrected chi connectivity index (χ0v) is 14.8. The second-order valence-electron chi connectivity index (χ2n) is 5.33. The van der Waals surface area contributed by atoms with E-state index in [4.69, 9.17) is 16.3 Å². The lowest BCUT2D eigenvalue weighted by molar-refractivity contribution is -0.118. The molecule has 0 aliphatic heterocycles. The highest BCUT2D eigenvalue weighted by atomic mass is 35.5. The molecular formula is C18H20ClNO2S. The molecule has 0 aliphatic rings. The number of amides is 1. The van der Waals surface area contributed by atoms with Gasteiger partial charge in [0.15, 0.2) is 0 Å². The molecule has 1 amide bonds. The summed E-state index contributed by atoms with van der Waals surface area (Å²) < 4.78 is 5.65. The van der Waals surface area contributed by atoms with Crippen molar-refractivity contribution >= 4 is 29.3 Å². The minimum atomic E-state index is 0.000121. The number of rotatable bonds is 7. The van der Waals surface area contributed by atoms with E-state index in [9.17, 15) is 4.79 Å². The third-order valence-electron chi connectivity index (χ3n) is 2.94. The molecule has 0 aliphatic carbocycles. The van der Waals surface area contributed by atoms with Gasteiger partial charge < -0.3 is 10.1 Å². The molecule has 2 aromatic carbocycles. The van der Waals surface area contributed by atoms with Gasteiger partial charge in [0.2, 0.25) is 5.91 Å². The fourth-order valence-corrected chi connectivity index (χ4v) is 2.79. The van der Waals surface area contributed by atoms with Gasteiger partial charge in [-0.05, 0) is 55.8 Å². The van der Waals surface area contributed by atoms with Crippen LogP contribution in [0.1, 0.15) is 19.4 Å². The van der Waals surface area contributed by atoms with Crippen molar-refractivity contribution in [3.8, 4) is 5.75 Å². The molecule has 2 aromatic rings. The van der Waals surface area contributed by atoms with E-state index in [1.165, 1.54) is 11.8 Å². The van der Waals surface area contributed by atoms with Crippen molar-refractivity contribution in [2.24, 2.45) is 0 Å². The Labute approximate surface area is 146 Å². The maximum absolute atomic E-state index is 11.9. The van der Waals surface area contributed by atoms with Gasteiger partial charge >= 0.3 is 0 Å². The molecule has 0 spiro atoms. The Morgan fingerprint density at radius 3 is 2.65 bits per heavy atom. The molecule has 0 heterocycles. The van der Waals surface area contributed by atoms with Crippen LogP contribution in [0.25, 0.3) is 0 Å². The number of hydrogen-bond donors (Lipinski definition) is 1. The van der Waals surface area contributed by atoms with Gasteiger partial charge in [-0.15, -0.1) is 11.8 Å². The van der Waals surface area contributed by atoms with Gasteiger partial charge in [0.1, 0.15) is 5.75 Å². The van der Waals surface area contributed by atoms with Gasteiger partial charge in [0.25, 0.3) is 0 Å². The molecular weight excluding hydrogens is 330 g/mol. The topological polar surface area (TPSA) is 38.3 Å². The molecule has 3 nitrogen and oxygen atoms in total. The van der Waals surface area contributed by atoms with Crippen LogP contribution in [-0.2, 0) is 11.3 Å². The first kappa shape index (κ1) is 17.7. The van der Waals surface area contributed by atoms with Gasteiger partial charge in [-0.25, -0.2) is 0 Å². The van der Waals surface area contributed by atoms with E-state index in [0.29, 0.717) is 17.3 Å². The Morgan fingerprint density at radius 2 is 1.96 bits per heavy atom. The molecule has 0 aromatic heterocycles. The quantitative estimate of drug-likeness (QED) is 0.746. The van der Waals surface area contributed by atoms with Crippen molar-refractivity contribution in [3.05, 3.63) is 59.1 Å².